The number of benzene rings is 2. The summed E-state index contributed by atoms with van der Waals surface area (Å²) < 4.78 is 23.5. The molecule has 2 aromatic carbocycles. The van der Waals surface area contributed by atoms with Crippen LogP contribution in [0.5, 0.6) is 28.7 Å². The molecule has 0 amide bonds. The van der Waals surface area contributed by atoms with E-state index in [1.807, 2.05) is 32.1 Å². The summed E-state index contributed by atoms with van der Waals surface area (Å²) in [6.07, 6.45) is 6.00. The highest BCUT2D eigenvalue weighted by Crippen LogP contribution is 2.48. The Bertz CT molecular complexity index is 1020. The van der Waals surface area contributed by atoms with Gasteiger partial charge in [-0.3, -0.25) is 0 Å². The number of fused-ring (bicyclic) bond motifs is 6. The minimum absolute atomic E-state index is 0.0615. The van der Waals surface area contributed by atoms with Gasteiger partial charge in [0.2, 0.25) is 0 Å². The summed E-state index contributed by atoms with van der Waals surface area (Å²) >= 11 is 0. The topological polar surface area (TPSA) is 57.2 Å². The highest BCUT2D eigenvalue weighted by Gasteiger charge is 2.34. The smallest absolute Gasteiger partial charge is 0.161 e. The molecule has 27 heavy (non-hydrogen) atoms. The molecule has 0 bridgehead atoms. The summed E-state index contributed by atoms with van der Waals surface area (Å²) in [6.45, 7) is 4.43. The summed E-state index contributed by atoms with van der Waals surface area (Å²) in [4.78, 5) is 0. The molecule has 5 heteroatoms. The van der Waals surface area contributed by atoms with Gasteiger partial charge in [-0.15, -0.1) is 0 Å². The quantitative estimate of drug-likeness (QED) is 0.819. The average molecular weight is 364 g/mol. The maximum atomic E-state index is 10.0. The van der Waals surface area contributed by atoms with Crippen molar-refractivity contribution in [3.8, 4) is 28.7 Å². The molecule has 0 radical (unpaired) electrons. The predicted molar refractivity (Wildman–Crippen MR) is 103 cm³/mol. The molecule has 3 heterocycles. The summed E-state index contributed by atoms with van der Waals surface area (Å²) in [6, 6.07) is 7.38. The number of aromatic hydroxyl groups is 1. The summed E-state index contributed by atoms with van der Waals surface area (Å²) in [5.74, 6) is 2.73. The van der Waals surface area contributed by atoms with Crippen molar-refractivity contribution in [2.24, 2.45) is 0 Å². The van der Waals surface area contributed by atoms with Gasteiger partial charge < -0.3 is 24.1 Å². The summed E-state index contributed by atoms with van der Waals surface area (Å²) in [5.41, 5.74) is 3.51. The van der Waals surface area contributed by atoms with Crippen LogP contribution in [-0.4, -0.2) is 30.5 Å². The minimum Gasteiger partial charge on any atom is -0.504 e. The Morgan fingerprint density at radius 1 is 1.19 bits per heavy atom. The van der Waals surface area contributed by atoms with Crippen LogP contribution in [0.2, 0.25) is 0 Å². The molecule has 0 saturated carbocycles. The van der Waals surface area contributed by atoms with E-state index in [2.05, 4.69) is 12.2 Å². The SMILES string of the molecule is COc1cc2c(cc1O)OCC1Oc3c(ccc4c3C=CC(C)(C)O4)C=C21. The van der Waals surface area contributed by atoms with Crippen LogP contribution in [0.1, 0.15) is 30.5 Å². The van der Waals surface area contributed by atoms with Gasteiger partial charge in [-0.05, 0) is 50.3 Å². The molecule has 0 saturated heterocycles. The number of hydrogen-bond acceptors (Lipinski definition) is 5. The van der Waals surface area contributed by atoms with Crippen LogP contribution in [-0.2, 0) is 0 Å². The molecule has 138 valence electrons. The molecule has 3 aliphatic heterocycles. The van der Waals surface area contributed by atoms with Gasteiger partial charge in [0.1, 0.15) is 29.5 Å². The van der Waals surface area contributed by atoms with Gasteiger partial charge in [-0.2, -0.15) is 0 Å². The second kappa shape index (κ2) is 5.46. The second-order valence-electron chi connectivity index (χ2n) is 7.47. The van der Waals surface area contributed by atoms with Gasteiger partial charge in [0.05, 0.1) is 12.7 Å². The highest BCUT2D eigenvalue weighted by molar-refractivity contribution is 5.92. The Labute approximate surface area is 157 Å². The zero-order chi connectivity index (χ0) is 18.8. The fraction of sp³-hybridized carbons (Fsp3) is 0.273. The Morgan fingerprint density at radius 3 is 2.85 bits per heavy atom. The van der Waals surface area contributed by atoms with Crippen LogP contribution in [0, 0.1) is 0 Å². The van der Waals surface area contributed by atoms with E-state index in [9.17, 15) is 5.11 Å². The molecule has 5 rings (SSSR count). The number of phenolic OH excluding ortho intramolecular Hbond substituents is 1. The molecule has 0 fully saturated rings. The molecular weight excluding hydrogens is 344 g/mol. The average Bonchev–Trinajstić information content (AvgIpc) is 2.64. The monoisotopic (exact) mass is 364 g/mol. The number of ether oxygens (including phenoxy) is 4. The van der Waals surface area contributed by atoms with Crippen molar-refractivity contribution in [2.45, 2.75) is 25.6 Å². The second-order valence-corrected chi connectivity index (χ2v) is 7.47. The maximum Gasteiger partial charge on any atom is 0.161 e. The van der Waals surface area contributed by atoms with Crippen molar-refractivity contribution < 1.29 is 24.1 Å². The lowest BCUT2D eigenvalue weighted by molar-refractivity contribution is 0.148. The van der Waals surface area contributed by atoms with Gasteiger partial charge in [0.15, 0.2) is 17.6 Å². The molecule has 1 N–H and O–H groups in total. The van der Waals surface area contributed by atoms with Gasteiger partial charge in [-0.1, -0.05) is 0 Å². The van der Waals surface area contributed by atoms with Crippen LogP contribution in [0.4, 0.5) is 0 Å². The van der Waals surface area contributed by atoms with Crippen molar-refractivity contribution in [3.63, 3.8) is 0 Å². The first kappa shape index (κ1) is 16.1. The van der Waals surface area contributed by atoms with Crippen molar-refractivity contribution >= 4 is 17.7 Å². The third-order valence-corrected chi connectivity index (χ3v) is 5.11. The fourth-order valence-electron chi connectivity index (χ4n) is 3.76. The molecule has 0 spiro atoms. The largest absolute Gasteiger partial charge is 0.504 e. The Morgan fingerprint density at radius 2 is 2.04 bits per heavy atom. The van der Waals surface area contributed by atoms with Gasteiger partial charge >= 0.3 is 0 Å². The normalized spacial score (nSPS) is 20.6. The summed E-state index contributed by atoms with van der Waals surface area (Å²) in [7, 11) is 1.53. The van der Waals surface area contributed by atoms with E-state index in [-0.39, 0.29) is 17.5 Å². The molecule has 3 aliphatic rings. The number of methoxy groups -OCH3 is 1. The first-order valence-electron chi connectivity index (χ1n) is 8.93. The van der Waals surface area contributed by atoms with Crippen molar-refractivity contribution in [1.29, 1.82) is 0 Å². The third kappa shape index (κ3) is 2.46. The Kier molecular flexibility index (Phi) is 3.26. The fourth-order valence-corrected chi connectivity index (χ4v) is 3.76. The van der Waals surface area contributed by atoms with Crippen molar-refractivity contribution in [3.05, 3.63) is 47.0 Å². The van der Waals surface area contributed by atoms with Crippen molar-refractivity contribution in [2.75, 3.05) is 13.7 Å². The molecule has 1 unspecified atom stereocenters. The third-order valence-electron chi connectivity index (χ3n) is 5.11. The minimum atomic E-state index is -0.331. The lowest BCUT2D eigenvalue weighted by Crippen LogP contribution is -2.33. The zero-order valence-electron chi connectivity index (χ0n) is 15.4. The Hall–Kier alpha value is -3.08. The lowest BCUT2D eigenvalue weighted by Gasteiger charge is -2.35. The van der Waals surface area contributed by atoms with Crippen LogP contribution >= 0.6 is 0 Å². The molecule has 2 aromatic rings. The molecular formula is C22H20O5. The van der Waals surface area contributed by atoms with Gasteiger partial charge in [0.25, 0.3) is 0 Å². The molecule has 5 nitrogen and oxygen atoms in total. The molecule has 0 aliphatic carbocycles. The summed E-state index contributed by atoms with van der Waals surface area (Å²) in [5, 5.41) is 10.0. The standard InChI is InChI=1S/C22H20O5/c1-22(2)7-6-13-17(27-22)5-4-12-8-14-15-9-19(24-3)16(23)10-18(15)25-11-20(14)26-21(12)13/h4-10,20,23H,11H2,1-3H3. The van der Waals surface area contributed by atoms with Crippen LogP contribution in [0.15, 0.2) is 30.3 Å². The van der Waals surface area contributed by atoms with E-state index in [0.717, 1.165) is 33.8 Å². The zero-order valence-corrected chi connectivity index (χ0v) is 15.4. The Balaban J connectivity index is 1.64. The maximum absolute atomic E-state index is 10.0. The van der Waals surface area contributed by atoms with Gasteiger partial charge in [0, 0.05) is 22.8 Å². The van der Waals surface area contributed by atoms with Gasteiger partial charge in [-0.25, -0.2) is 0 Å². The molecule has 0 aromatic heterocycles. The van der Waals surface area contributed by atoms with Crippen LogP contribution < -0.4 is 18.9 Å². The van der Waals surface area contributed by atoms with E-state index in [0.29, 0.717) is 18.1 Å². The van der Waals surface area contributed by atoms with E-state index in [1.165, 1.54) is 7.11 Å². The van der Waals surface area contributed by atoms with Crippen molar-refractivity contribution in [1.82, 2.24) is 0 Å². The first-order chi connectivity index (χ1) is 12.9. The van der Waals surface area contributed by atoms with Crippen LogP contribution in [0.25, 0.3) is 17.7 Å². The lowest BCUT2D eigenvalue weighted by atomic mass is 9.90. The van der Waals surface area contributed by atoms with E-state index < -0.39 is 0 Å². The number of hydrogen-bond donors (Lipinski definition) is 1. The first-order valence-corrected chi connectivity index (χ1v) is 8.93. The predicted octanol–water partition coefficient (Wildman–Crippen LogP) is 4.28. The highest BCUT2D eigenvalue weighted by atomic mass is 16.5. The number of phenols is 1. The van der Waals surface area contributed by atoms with E-state index in [1.54, 1.807) is 12.1 Å². The van der Waals surface area contributed by atoms with E-state index >= 15 is 0 Å². The molecule has 1 atom stereocenters. The van der Waals surface area contributed by atoms with Crippen LogP contribution in [0.3, 0.4) is 0 Å². The van der Waals surface area contributed by atoms with E-state index in [4.69, 9.17) is 18.9 Å². The number of rotatable bonds is 1.